The van der Waals surface area contributed by atoms with Crippen LogP contribution in [-0.4, -0.2) is 16.4 Å². The van der Waals surface area contributed by atoms with Crippen LogP contribution in [0.2, 0.25) is 0 Å². The summed E-state index contributed by atoms with van der Waals surface area (Å²) in [5.41, 5.74) is 5.32. The molecule has 5 heteroatoms. The van der Waals surface area contributed by atoms with Gasteiger partial charge in [0.25, 0.3) is 0 Å². The molecule has 0 spiro atoms. The first-order chi connectivity index (χ1) is 13.7. The lowest BCUT2D eigenvalue weighted by atomic mass is 9.85. The fourth-order valence-electron chi connectivity index (χ4n) is 3.56. The monoisotopic (exact) mass is 418 g/mol. The normalized spacial score (nSPS) is 12.3. The number of hydrogen-bond acceptors (Lipinski definition) is 2. The van der Waals surface area contributed by atoms with Crippen LogP contribution < -0.4 is 0 Å². The molecule has 0 aliphatic rings. The highest BCUT2D eigenvalue weighted by atomic mass is 31.2. The van der Waals surface area contributed by atoms with E-state index >= 15 is 0 Å². The Kier molecular flexibility index (Phi) is 9.10. The Hall–Kier alpha value is -1.45. The van der Waals surface area contributed by atoms with Gasteiger partial charge in [0.1, 0.15) is 0 Å². The highest BCUT2D eigenvalue weighted by molar-refractivity contribution is 7.46. The van der Waals surface area contributed by atoms with Gasteiger partial charge in [0.05, 0.1) is 6.61 Å². The molecule has 4 nitrogen and oxygen atoms in total. The minimum Gasteiger partial charge on any atom is -0.303 e. The molecule has 0 atom stereocenters. The number of rotatable bonds is 11. The molecule has 0 aliphatic heterocycles. The summed E-state index contributed by atoms with van der Waals surface area (Å²) in [6, 6.07) is 17.9. The van der Waals surface area contributed by atoms with Crippen LogP contribution in [0.1, 0.15) is 93.4 Å². The van der Waals surface area contributed by atoms with E-state index in [4.69, 9.17) is 9.79 Å². The third-order valence-corrected chi connectivity index (χ3v) is 5.93. The summed E-state index contributed by atoms with van der Waals surface area (Å²) in [7, 11) is -4.36. The second-order valence-corrected chi connectivity index (χ2v) is 9.61. The highest BCUT2D eigenvalue weighted by Gasteiger charge is 2.16. The van der Waals surface area contributed by atoms with E-state index in [1.807, 2.05) is 0 Å². The SMILES string of the molecule is CC(C)c1ccc(C(CCCCCOP(=O)(O)O)c2ccc(C(C)C)cc2)cc1. The zero-order valence-electron chi connectivity index (χ0n) is 18.0. The minimum atomic E-state index is -4.36. The molecule has 29 heavy (non-hydrogen) atoms. The molecule has 0 aliphatic carbocycles. The lowest BCUT2D eigenvalue weighted by Gasteiger charge is -2.20. The Bertz CT molecular complexity index is 724. The minimum absolute atomic E-state index is 0.0983. The van der Waals surface area contributed by atoms with E-state index in [1.165, 1.54) is 22.3 Å². The summed E-state index contributed by atoms with van der Waals surface area (Å²) in [6.07, 6.45) is 3.51. The molecule has 2 rings (SSSR count). The van der Waals surface area contributed by atoms with Crippen molar-refractivity contribution in [1.29, 1.82) is 0 Å². The predicted molar refractivity (Wildman–Crippen MR) is 119 cm³/mol. The lowest BCUT2D eigenvalue weighted by molar-refractivity contribution is 0.193. The van der Waals surface area contributed by atoms with Crippen LogP contribution in [0.5, 0.6) is 0 Å². The smallest absolute Gasteiger partial charge is 0.303 e. The van der Waals surface area contributed by atoms with Gasteiger partial charge in [-0.3, -0.25) is 4.52 Å². The molecule has 0 aromatic heterocycles. The third kappa shape index (κ3) is 8.06. The van der Waals surface area contributed by atoms with Crippen molar-refractivity contribution in [3.8, 4) is 0 Å². The van der Waals surface area contributed by atoms with Crippen molar-refractivity contribution in [1.82, 2.24) is 0 Å². The summed E-state index contributed by atoms with van der Waals surface area (Å²) < 4.78 is 15.3. The van der Waals surface area contributed by atoms with Crippen molar-refractivity contribution in [3.05, 3.63) is 70.8 Å². The maximum Gasteiger partial charge on any atom is 0.469 e. The summed E-state index contributed by atoms with van der Waals surface area (Å²) in [5, 5.41) is 0. The predicted octanol–water partition coefficient (Wildman–Crippen LogP) is 6.74. The first-order valence-electron chi connectivity index (χ1n) is 10.6. The van der Waals surface area contributed by atoms with Gasteiger partial charge in [-0.25, -0.2) is 4.57 Å². The Morgan fingerprint density at radius 2 is 1.14 bits per heavy atom. The number of hydrogen-bond donors (Lipinski definition) is 2. The molecule has 0 saturated carbocycles. The van der Waals surface area contributed by atoms with Crippen LogP contribution in [0.3, 0.4) is 0 Å². The summed E-state index contributed by atoms with van der Waals surface area (Å²) >= 11 is 0. The molecule has 0 radical (unpaired) electrons. The second kappa shape index (κ2) is 11.1. The molecule has 0 saturated heterocycles. The molecule has 0 fully saturated rings. The molecule has 0 amide bonds. The molecule has 2 aromatic rings. The van der Waals surface area contributed by atoms with Crippen LogP contribution in [-0.2, 0) is 9.09 Å². The van der Waals surface area contributed by atoms with E-state index in [0.717, 1.165) is 19.3 Å². The van der Waals surface area contributed by atoms with Crippen molar-refractivity contribution >= 4 is 7.82 Å². The van der Waals surface area contributed by atoms with Gasteiger partial charge in [0.15, 0.2) is 0 Å². The standard InChI is InChI=1S/C24H35O4P/c1-18(2)20-9-13-22(14-10-20)24(8-6-5-7-17-28-29(25,26)27)23-15-11-21(12-16-23)19(3)4/h9-16,18-19,24H,5-8,17H2,1-4H3,(H2,25,26,27). The average Bonchev–Trinajstić information content (AvgIpc) is 2.67. The average molecular weight is 419 g/mol. The Morgan fingerprint density at radius 3 is 1.52 bits per heavy atom. The third-order valence-electron chi connectivity index (χ3n) is 5.41. The number of unbranched alkanes of at least 4 members (excludes halogenated alkanes) is 2. The van der Waals surface area contributed by atoms with Crippen molar-refractivity contribution in [3.63, 3.8) is 0 Å². The van der Waals surface area contributed by atoms with Crippen LogP contribution >= 0.6 is 7.82 Å². The Morgan fingerprint density at radius 1 is 0.724 bits per heavy atom. The molecule has 0 unspecified atom stereocenters. The van der Waals surface area contributed by atoms with Gasteiger partial charge < -0.3 is 9.79 Å². The zero-order valence-corrected chi connectivity index (χ0v) is 18.9. The fraction of sp³-hybridized carbons (Fsp3) is 0.500. The van der Waals surface area contributed by atoms with Crippen LogP contribution in [0, 0.1) is 0 Å². The molecule has 0 heterocycles. The molecular formula is C24H35O4P. The van der Waals surface area contributed by atoms with Crippen molar-refractivity contribution < 1.29 is 18.9 Å². The highest BCUT2D eigenvalue weighted by Crippen LogP contribution is 2.36. The topological polar surface area (TPSA) is 66.8 Å². The summed E-state index contributed by atoms with van der Waals surface area (Å²) in [4.78, 5) is 17.5. The summed E-state index contributed by atoms with van der Waals surface area (Å²) in [6.45, 7) is 8.92. The fourth-order valence-corrected chi connectivity index (χ4v) is 3.93. The molecule has 2 aromatic carbocycles. The summed E-state index contributed by atoms with van der Waals surface area (Å²) in [5.74, 6) is 1.35. The quantitative estimate of drug-likeness (QED) is 0.313. The van der Waals surface area contributed by atoms with Gasteiger partial charge in [0.2, 0.25) is 0 Å². The van der Waals surface area contributed by atoms with E-state index in [0.29, 0.717) is 24.2 Å². The molecule has 160 valence electrons. The van der Waals surface area contributed by atoms with E-state index < -0.39 is 7.82 Å². The lowest BCUT2D eigenvalue weighted by Crippen LogP contribution is -2.03. The van der Waals surface area contributed by atoms with Gasteiger partial charge >= 0.3 is 7.82 Å². The first-order valence-corrected chi connectivity index (χ1v) is 12.1. The van der Waals surface area contributed by atoms with Gasteiger partial charge in [-0.05, 0) is 46.9 Å². The van der Waals surface area contributed by atoms with E-state index in [9.17, 15) is 4.57 Å². The Labute approximate surface area is 175 Å². The van der Waals surface area contributed by atoms with Crippen LogP contribution in [0.4, 0.5) is 0 Å². The number of benzene rings is 2. The van der Waals surface area contributed by atoms with Crippen LogP contribution in [0.25, 0.3) is 0 Å². The zero-order chi connectivity index (χ0) is 21.4. The van der Waals surface area contributed by atoms with Crippen molar-refractivity contribution in [2.75, 3.05) is 6.61 Å². The second-order valence-electron chi connectivity index (χ2n) is 8.37. The van der Waals surface area contributed by atoms with Crippen molar-refractivity contribution in [2.24, 2.45) is 0 Å². The molecular weight excluding hydrogens is 383 g/mol. The van der Waals surface area contributed by atoms with E-state index in [2.05, 4.69) is 80.7 Å². The largest absolute Gasteiger partial charge is 0.469 e. The van der Waals surface area contributed by atoms with E-state index in [1.54, 1.807) is 0 Å². The van der Waals surface area contributed by atoms with Crippen LogP contribution in [0.15, 0.2) is 48.5 Å². The van der Waals surface area contributed by atoms with Gasteiger partial charge in [-0.2, -0.15) is 0 Å². The Balaban J connectivity index is 2.07. The molecule has 0 bridgehead atoms. The molecule has 2 N–H and O–H groups in total. The number of phosphoric ester groups is 1. The maximum absolute atomic E-state index is 10.8. The van der Waals surface area contributed by atoms with Gasteiger partial charge in [-0.1, -0.05) is 89.1 Å². The maximum atomic E-state index is 10.8. The van der Waals surface area contributed by atoms with Gasteiger partial charge in [0, 0.05) is 5.92 Å². The first kappa shape index (κ1) is 23.8. The number of phosphoric acid groups is 1. The van der Waals surface area contributed by atoms with Crippen molar-refractivity contribution in [2.45, 2.75) is 71.1 Å². The van der Waals surface area contributed by atoms with E-state index in [-0.39, 0.29) is 6.61 Å². The van der Waals surface area contributed by atoms with Gasteiger partial charge in [-0.15, -0.1) is 0 Å².